The average molecular weight is 422 g/mol. The van der Waals surface area contributed by atoms with Crippen molar-refractivity contribution in [3.63, 3.8) is 0 Å². The summed E-state index contributed by atoms with van der Waals surface area (Å²) < 4.78 is 27.2. The highest BCUT2D eigenvalue weighted by Crippen LogP contribution is 2.22. The van der Waals surface area contributed by atoms with Crippen LogP contribution in [0.5, 0.6) is 0 Å². The first kappa shape index (κ1) is 22.1. The Morgan fingerprint density at radius 3 is 2.34 bits per heavy atom. The number of hydrogen-bond acceptors (Lipinski definition) is 4. The third-order valence-electron chi connectivity index (χ3n) is 5.72. The Labute approximate surface area is 175 Å². The Bertz CT molecular complexity index is 795. The summed E-state index contributed by atoms with van der Waals surface area (Å²) in [6, 6.07) is 7.14. The molecule has 0 bridgehead atoms. The summed E-state index contributed by atoms with van der Waals surface area (Å²) in [5.74, 6) is 0.752. The van der Waals surface area contributed by atoms with Crippen molar-refractivity contribution in [3.8, 4) is 0 Å². The first-order valence-electron chi connectivity index (χ1n) is 10.6. The van der Waals surface area contributed by atoms with Gasteiger partial charge >= 0.3 is 0 Å². The lowest BCUT2D eigenvalue weighted by Gasteiger charge is -2.41. The Hall–Kier alpha value is -1.64. The molecular formula is C21H35N5O2S. The lowest BCUT2D eigenvalue weighted by molar-refractivity contribution is 0.0982. The Kier molecular flexibility index (Phi) is 7.19. The van der Waals surface area contributed by atoms with E-state index >= 15 is 0 Å². The van der Waals surface area contributed by atoms with Gasteiger partial charge in [-0.3, -0.25) is 9.89 Å². The number of hydrogen-bond donors (Lipinski definition) is 3. The molecule has 162 valence electrons. The van der Waals surface area contributed by atoms with Gasteiger partial charge < -0.3 is 10.6 Å². The number of nitrogens with one attached hydrogen (secondary N) is 3. The summed E-state index contributed by atoms with van der Waals surface area (Å²) in [7, 11) is -1.63. The van der Waals surface area contributed by atoms with Crippen molar-refractivity contribution in [2.24, 2.45) is 4.99 Å². The van der Waals surface area contributed by atoms with Crippen LogP contribution in [-0.4, -0.2) is 57.5 Å². The summed E-state index contributed by atoms with van der Waals surface area (Å²) in [6.45, 7) is 8.26. The van der Waals surface area contributed by atoms with E-state index in [1.54, 1.807) is 19.2 Å². The first-order chi connectivity index (χ1) is 13.8. The molecule has 0 radical (unpaired) electrons. The number of piperidine rings is 1. The molecule has 0 spiro atoms. The van der Waals surface area contributed by atoms with Gasteiger partial charge in [0.25, 0.3) is 0 Å². The molecule has 1 aromatic rings. The van der Waals surface area contributed by atoms with Crippen molar-refractivity contribution in [3.05, 3.63) is 29.8 Å². The summed E-state index contributed by atoms with van der Waals surface area (Å²) in [5.41, 5.74) is 1.08. The van der Waals surface area contributed by atoms with Gasteiger partial charge in [-0.15, -0.1) is 0 Å². The van der Waals surface area contributed by atoms with Crippen molar-refractivity contribution < 1.29 is 8.42 Å². The van der Waals surface area contributed by atoms with Gasteiger partial charge in [-0.2, -0.15) is 0 Å². The Balaban J connectivity index is 1.48. The van der Waals surface area contributed by atoms with Gasteiger partial charge in [-0.25, -0.2) is 13.1 Å². The molecule has 1 aliphatic heterocycles. The van der Waals surface area contributed by atoms with E-state index in [0.717, 1.165) is 44.0 Å². The molecule has 0 aromatic heterocycles. The van der Waals surface area contributed by atoms with Crippen LogP contribution in [0.15, 0.2) is 34.2 Å². The number of nitrogens with zero attached hydrogens (tertiary/aromatic N) is 2. The third kappa shape index (κ3) is 6.42. The van der Waals surface area contributed by atoms with Crippen LogP contribution in [0.1, 0.15) is 51.5 Å². The summed E-state index contributed by atoms with van der Waals surface area (Å²) in [4.78, 5) is 7.18. The molecule has 29 heavy (non-hydrogen) atoms. The molecule has 0 amide bonds. The van der Waals surface area contributed by atoms with Crippen LogP contribution in [0.4, 0.5) is 0 Å². The van der Waals surface area contributed by atoms with Gasteiger partial charge in [0, 0.05) is 31.7 Å². The number of likely N-dealkylation sites (tertiary alicyclic amines) is 1. The van der Waals surface area contributed by atoms with E-state index in [4.69, 9.17) is 0 Å². The lowest BCUT2D eigenvalue weighted by atomic mass is 9.98. The maximum Gasteiger partial charge on any atom is 0.240 e. The van der Waals surface area contributed by atoms with Gasteiger partial charge in [0.05, 0.1) is 4.90 Å². The Morgan fingerprint density at radius 2 is 1.76 bits per heavy atom. The highest BCUT2D eigenvalue weighted by Gasteiger charge is 2.28. The molecule has 3 N–H and O–H groups in total. The zero-order valence-electron chi connectivity index (χ0n) is 17.9. The first-order valence-corrected chi connectivity index (χ1v) is 12.1. The summed E-state index contributed by atoms with van der Waals surface area (Å²) in [6.07, 6.45) is 5.75. The molecule has 8 heteroatoms. The topological polar surface area (TPSA) is 85.8 Å². The molecule has 0 unspecified atom stereocenters. The van der Waals surface area contributed by atoms with E-state index in [9.17, 15) is 8.42 Å². The summed E-state index contributed by atoms with van der Waals surface area (Å²) in [5, 5.41) is 6.75. The van der Waals surface area contributed by atoms with E-state index in [1.807, 2.05) is 12.1 Å². The van der Waals surface area contributed by atoms with Crippen LogP contribution in [0, 0.1) is 0 Å². The minimum atomic E-state index is -3.40. The van der Waals surface area contributed by atoms with Crippen LogP contribution in [-0.2, 0) is 16.6 Å². The quantitative estimate of drug-likeness (QED) is 0.442. The molecule has 0 atom stereocenters. The van der Waals surface area contributed by atoms with Crippen molar-refractivity contribution >= 4 is 16.0 Å². The standard InChI is InChI=1S/C21H35N5O2S/c1-21(2,26-13-5-4-6-14-26)16-24-20(22-3)23-15-17-7-11-19(12-8-17)29(27,28)25-18-9-10-18/h7-8,11-12,18,25H,4-6,9-10,13-16H2,1-3H3,(H2,22,23,24). The third-order valence-corrected chi connectivity index (χ3v) is 7.25. The average Bonchev–Trinajstić information content (AvgIpc) is 3.52. The normalized spacial score (nSPS) is 19.2. The highest BCUT2D eigenvalue weighted by atomic mass is 32.2. The van der Waals surface area contributed by atoms with E-state index in [0.29, 0.717) is 11.4 Å². The fourth-order valence-corrected chi connectivity index (χ4v) is 4.90. The molecule has 7 nitrogen and oxygen atoms in total. The van der Waals surface area contributed by atoms with Crippen LogP contribution < -0.4 is 15.4 Å². The van der Waals surface area contributed by atoms with Gasteiger partial charge in [-0.1, -0.05) is 18.6 Å². The minimum absolute atomic E-state index is 0.0720. The predicted molar refractivity (Wildman–Crippen MR) is 117 cm³/mol. The fraction of sp³-hybridized carbons (Fsp3) is 0.667. The Morgan fingerprint density at radius 1 is 1.10 bits per heavy atom. The maximum absolute atomic E-state index is 12.3. The second kappa shape index (κ2) is 9.45. The SMILES string of the molecule is CN=C(NCc1ccc(S(=O)(=O)NC2CC2)cc1)NCC(C)(C)N1CCCCC1. The molecule has 2 aliphatic rings. The molecule has 2 fully saturated rings. The van der Waals surface area contributed by atoms with Gasteiger partial charge in [0.2, 0.25) is 10.0 Å². The second-order valence-electron chi connectivity index (χ2n) is 8.68. The van der Waals surface area contributed by atoms with E-state index in [2.05, 4.69) is 39.1 Å². The summed E-state index contributed by atoms with van der Waals surface area (Å²) >= 11 is 0. The molecule has 1 aromatic carbocycles. The largest absolute Gasteiger partial charge is 0.355 e. The van der Waals surface area contributed by atoms with Crippen LogP contribution in [0.25, 0.3) is 0 Å². The van der Waals surface area contributed by atoms with Crippen molar-refractivity contribution in [1.82, 2.24) is 20.3 Å². The zero-order valence-corrected chi connectivity index (χ0v) is 18.7. The van der Waals surface area contributed by atoms with E-state index < -0.39 is 10.0 Å². The van der Waals surface area contributed by atoms with Gasteiger partial charge in [0.1, 0.15) is 0 Å². The van der Waals surface area contributed by atoms with Crippen LogP contribution in [0.2, 0.25) is 0 Å². The zero-order chi connectivity index (χ0) is 20.9. The minimum Gasteiger partial charge on any atom is -0.355 e. The number of sulfonamides is 1. The molecule has 3 rings (SSSR count). The van der Waals surface area contributed by atoms with E-state index in [1.165, 1.54) is 19.3 Å². The van der Waals surface area contributed by atoms with Crippen molar-refractivity contribution in [2.75, 3.05) is 26.7 Å². The van der Waals surface area contributed by atoms with E-state index in [-0.39, 0.29) is 11.6 Å². The van der Waals surface area contributed by atoms with Gasteiger partial charge in [-0.05, 0) is 70.3 Å². The molecule has 1 heterocycles. The van der Waals surface area contributed by atoms with Crippen molar-refractivity contribution in [2.45, 2.75) is 69.0 Å². The molecule has 1 saturated carbocycles. The van der Waals surface area contributed by atoms with Crippen molar-refractivity contribution in [1.29, 1.82) is 0 Å². The predicted octanol–water partition coefficient (Wildman–Crippen LogP) is 2.06. The fourth-order valence-electron chi connectivity index (χ4n) is 3.59. The number of aliphatic imine (C=N–C) groups is 1. The number of rotatable bonds is 8. The monoisotopic (exact) mass is 421 g/mol. The number of benzene rings is 1. The molecule has 1 saturated heterocycles. The second-order valence-corrected chi connectivity index (χ2v) is 10.4. The smallest absolute Gasteiger partial charge is 0.240 e. The highest BCUT2D eigenvalue weighted by molar-refractivity contribution is 7.89. The van der Waals surface area contributed by atoms with Crippen LogP contribution >= 0.6 is 0 Å². The van der Waals surface area contributed by atoms with Crippen LogP contribution in [0.3, 0.4) is 0 Å². The number of guanidine groups is 1. The molecule has 1 aliphatic carbocycles. The molecular weight excluding hydrogens is 386 g/mol. The maximum atomic E-state index is 12.3. The lowest BCUT2D eigenvalue weighted by Crippen LogP contribution is -2.54. The van der Waals surface area contributed by atoms with Gasteiger partial charge in [0.15, 0.2) is 5.96 Å².